The highest BCUT2D eigenvalue weighted by Gasteiger charge is 2.40. The lowest BCUT2D eigenvalue weighted by molar-refractivity contribution is 0.475. The molecule has 0 aliphatic carbocycles. The van der Waals surface area contributed by atoms with E-state index >= 15 is 0 Å². The van der Waals surface area contributed by atoms with E-state index in [1.165, 1.54) is 4.31 Å². The van der Waals surface area contributed by atoms with Crippen molar-refractivity contribution < 1.29 is 16.8 Å². The number of sulfonamides is 1. The molecule has 5 nitrogen and oxygen atoms in total. The van der Waals surface area contributed by atoms with Gasteiger partial charge in [-0.2, -0.15) is 4.31 Å². The van der Waals surface area contributed by atoms with Crippen LogP contribution >= 0.6 is 0 Å². The summed E-state index contributed by atoms with van der Waals surface area (Å²) in [5.74, 6) is 0. The molecule has 0 radical (unpaired) electrons. The summed E-state index contributed by atoms with van der Waals surface area (Å²) >= 11 is 0. The van der Waals surface area contributed by atoms with E-state index in [9.17, 15) is 16.8 Å². The van der Waals surface area contributed by atoms with E-state index in [0.29, 0.717) is 11.3 Å². The molecule has 2 aromatic carbocycles. The summed E-state index contributed by atoms with van der Waals surface area (Å²) in [6, 6.07) is 8.25. The second kappa shape index (κ2) is 7.28. The Bertz CT molecular complexity index is 1090. The lowest BCUT2D eigenvalue weighted by Gasteiger charge is -2.23. The molecule has 0 N–H and O–H groups in total. The summed E-state index contributed by atoms with van der Waals surface area (Å²) in [6.45, 7) is 9.73. The van der Waals surface area contributed by atoms with Gasteiger partial charge in [0.05, 0.1) is 15.0 Å². The van der Waals surface area contributed by atoms with E-state index in [0.717, 1.165) is 27.8 Å². The van der Waals surface area contributed by atoms with E-state index in [2.05, 4.69) is 0 Å². The van der Waals surface area contributed by atoms with E-state index in [1.54, 1.807) is 30.3 Å². The Morgan fingerprint density at radius 1 is 0.786 bits per heavy atom. The minimum atomic E-state index is -3.77. The van der Waals surface area contributed by atoms with Gasteiger partial charge in [0.25, 0.3) is 0 Å². The Morgan fingerprint density at radius 3 is 1.82 bits per heavy atom. The molecule has 0 spiro atoms. The highest BCUT2D eigenvalue weighted by atomic mass is 32.2. The maximum atomic E-state index is 13.4. The first-order chi connectivity index (χ1) is 13.0. The maximum absolute atomic E-state index is 13.4. The lowest BCUT2D eigenvalue weighted by atomic mass is 9.95. The third-order valence-corrected chi connectivity index (χ3v) is 10.5. The Balaban J connectivity index is 1.99. The predicted octanol–water partition coefficient (Wildman–Crippen LogP) is 3.47. The van der Waals surface area contributed by atoms with E-state index < -0.39 is 25.1 Å². The number of hydrogen-bond acceptors (Lipinski definition) is 4. The molecule has 0 amide bonds. The molecule has 0 saturated carbocycles. The van der Waals surface area contributed by atoms with Crippen molar-refractivity contribution in [2.75, 3.05) is 13.1 Å². The second-order valence-corrected chi connectivity index (χ2v) is 11.7. The summed E-state index contributed by atoms with van der Waals surface area (Å²) in [5.41, 5.74) is 4.52. The lowest BCUT2D eigenvalue weighted by Crippen LogP contribution is -2.33. The Morgan fingerprint density at radius 2 is 1.29 bits per heavy atom. The van der Waals surface area contributed by atoms with Crippen LogP contribution in [0.4, 0.5) is 0 Å². The van der Waals surface area contributed by atoms with Crippen LogP contribution in [0.5, 0.6) is 0 Å². The summed E-state index contributed by atoms with van der Waals surface area (Å²) in [7, 11) is -7.33. The minimum Gasteiger partial charge on any atom is -0.223 e. The van der Waals surface area contributed by atoms with Crippen molar-refractivity contribution in [3.8, 4) is 0 Å². The van der Waals surface area contributed by atoms with Gasteiger partial charge in [0, 0.05) is 13.1 Å². The number of rotatable bonds is 4. The molecular weight excluding hydrogens is 394 g/mol. The van der Waals surface area contributed by atoms with Crippen molar-refractivity contribution in [1.82, 2.24) is 4.31 Å². The molecule has 28 heavy (non-hydrogen) atoms. The molecule has 1 fully saturated rings. The first-order valence-corrected chi connectivity index (χ1v) is 12.3. The average Bonchev–Trinajstić information content (AvgIpc) is 3.17. The topological polar surface area (TPSA) is 71.5 Å². The van der Waals surface area contributed by atoms with Crippen molar-refractivity contribution in [1.29, 1.82) is 0 Å². The van der Waals surface area contributed by atoms with Crippen LogP contribution in [0.15, 0.2) is 40.1 Å². The first kappa shape index (κ1) is 21.0. The first-order valence-electron chi connectivity index (χ1n) is 9.35. The molecule has 1 atom stereocenters. The molecule has 1 unspecified atom stereocenters. The SMILES string of the molecule is Cc1c(C)c(C)c(S(=O)(=O)N2CCC(S(=O)(=O)c3ccccc3)C2)c(C)c1C. The van der Waals surface area contributed by atoms with Gasteiger partial charge < -0.3 is 0 Å². The molecule has 1 saturated heterocycles. The highest BCUT2D eigenvalue weighted by molar-refractivity contribution is 7.92. The Hall–Kier alpha value is -1.70. The van der Waals surface area contributed by atoms with Crippen LogP contribution in [-0.4, -0.2) is 39.5 Å². The molecule has 0 bridgehead atoms. The van der Waals surface area contributed by atoms with Gasteiger partial charge >= 0.3 is 0 Å². The van der Waals surface area contributed by atoms with Crippen LogP contribution in [0.2, 0.25) is 0 Å². The third-order valence-electron chi connectivity index (χ3n) is 6.15. The molecule has 1 aliphatic rings. The van der Waals surface area contributed by atoms with Crippen molar-refractivity contribution in [2.24, 2.45) is 0 Å². The maximum Gasteiger partial charge on any atom is 0.243 e. The Labute approximate surface area is 168 Å². The smallest absolute Gasteiger partial charge is 0.223 e. The highest BCUT2D eigenvalue weighted by Crippen LogP contribution is 2.34. The number of hydrogen-bond donors (Lipinski definition) is 0. The average molecular weight is 422 g/mol. The summed E-state index contributed by atoms with van der Waals surface area (Å²) in [5, 5.41) is -0.724. The largest absolute Gasteiger partial charge is 0.243 e. The van der Waals surface area contributed by atoms with Gasteiger partial charge in [-0.25, -0.2) is 16.8 Å². The van der Waals surface area contributed by atoms with Crippen LogP contribution in [0.1, 0.15) is 34.2 Å². The van der Waals surface area contributed by atoms with Crippen molar-refractivity contribution in [3.05, 3.63) is 58.1 Å². The standard InChI is InChI=1S/C21H27NO4S2/c1-14-15(2)17(4)21(18(5)16(14)3)28(25,26)22-12-11-20(13-22)27(23,24)19-9-7-6-8-10-19/h6-10,20H,11-13H2,1-5H3. The van der Waals surface area contributed by atoms with Gasteiger partial charge in [0.1, 0.15) is 0 Å². The van der Waals surface area contributed by atoms with E-state index in [-0.39, 0.29) is 18.0 Å². The number of sulfone groups is 1. The third kappa shape index (κ3) is 3.29. The summed E-state index contributed by atoms with van der Waals surface area (Å²) < 4.78 is 54.0. The molecular formula is C21H27NO4S2. The predicted molar refractivity (Wildman–Crippen MR) is 111 cm³/mol. The van der Waals surface area contributed by atoms with Crippen molar-refractivity contribution >= 4 is 19.9 Å². The zero-order chi connectivity index (χ0) is 20.9. The Kier molecular flexibility index (Phi) is 5.47. The van der Waals surface area contributed by atoms with Crippen molar-refractivity contribution in [2.45, 2.75) is 56.1 Å². The van der Waals surface area contributed by atoms with Crippen LogP contribution in [0.3, 0.4) is 0 Å². The molecule has 1 aliphatic heterocycles. The fourth-order valence-electron chi connectivity index (χ4n) is 3.95. The van der Waals surface area contributed by atoms with Crippen LogP contribution in [0.25, 0.3) is 0 Å². The van der Waals surface area contributed by atoms with Crippen LogP contribution < -0.4 is 0 Å². The van der Waals surface area contributed by atoms with Crippen LogP contribution in [0, 0.1) is 34.6 Å². The molecule has 2 aromatic rings. The second-order valence-electron chi connectivity index (χ2n) is 7.59. The molecule has 1 heterocycles. The number of benzene rings is 2. The number of nitrogens with zero attached hydrogens (tertiary/aromatic N) is 1. The van der Waals surface area contributed by atoms with Crippen molar-refractivity contribution in [3.63, 3.8) is 0 Å². The molecule has 0 aromatic heterocycles. The van der Waals surface area contributed by atoms with Gasteiger partial charge in [-0.15, -0.1) is 0 Å². The normalized spacial score (nSPS) is 18.5. The van der Waals surface area contributed by atoms with Gasteiger partial charge in [0.2, 0.25) is 10.0 Å². The fourth-order valence-corrected chi connectivity index (χ4v) is 7.82. The molecule has 152 valence electrons. The van der Waals surface area contributed by atoms with E-state index in [4.69, 9.17) is 0 Å². The monoisotopic (exact) mass is 421 g/mol. The van der Waals surface area contributed by atoms with Gasteiger partial charge in [-0.3, -0.25) is 0 Å². The van der Waals surface area contributed by atoms with Crippen LogP contribution in [-0.2, 0) is 19.9 Å². The molecule has 3 rings (SSSR count). The quantitative estimate of drug-likeness (QED) is 0.758. The molecule has 7 heteroatoms. The minimum absolute atomic E-state index is 0.00951. The van der Waals surface area contributed by atoms with Gasteiger partial charge in [-0.05, 0) is 81.0 Å². The zero-order valence-electron chi connectivity index (χ0n) is 17.0. The van der Waals surface area contributed by atoms with Gasteiger partial charge in [-0.1, -0.05) is 18.2 Å². The summed E-state index contributed by atoms with van der Waals surface area (Å²) in [6.07, 6.45) is 0.304. The summed E-state index contributed by atoms with van der Waals surface area (Å²) in [4.78, 5) is 0.569. The zero-order valence-corrected chi connectivity index (χ0v) is 18.6. The van der Waals surface area contributed by atoms with Gasteiger partial charge in [0.15, 0.2) is 9.84 Å². The fraction of sp³-hybridized carbons (Fsp3) is 0.429. The van der Waals surface area contributed by atoms with E-state index in [1.807, 2.05) is 34.6 Å².